The van der Waals surface area contributed by atoms with Gasteiger partial charge in [-0.2, -0.15) is 5.26 Å². The molecule has 0 spiro atoms. The summed E-state index contributed by atoms with van der Waals surface area (Å²) in [7, 11) is 3.00. The maximum absolute atomic E-state index is 13.4. The average molecular weight is 383 g/mol. The number of esters is 1. The fourth-order valence-electron chi connectivity index (χ4n) is 2.69. The SMILES string of the molecule is COC(=O)c1cc(-c2ncc(C#N)cc2OCc2cc(F)cc(F)c2)n(C)c1. The summed E-state index contributed by atoms with van der Waals surface area (Å²) in [6, 6.07) is 8.10. The number of pyridine rings is 1. The maximum atomic E-state index is 13.4. The Morgan fingerprint density at radius 2 is 1.93 bits per heavy atom. The van der Waals surface area contributed by atoms with Crippen molar-refractivity contribution in [3.63, 3.8) is 0 Å². The van der Waals surface area contributed by atoms with Gasteiger partial charge in [-0.05, 0) is 23.8 Å². The molecule has 0 saturated carbocycles. The summed E-state index contributed by atoms with van der Waals surface area (Å²) in [5.74, 6) is -1.70. The lowest BCUT2D eigenvalue weighted by molar-refractivity contribution is 0.0600. The van der Waals surface area contributed by atoms with E-state index in [0.717, 1.165) is 18.2 Å². The Bertz CT molecular complexity index is 1070. The molecule has 0 amide bonds. The van der Waals surface area contributed by atoms with E-state index in [1.54, 1.807) is 23.9 Å². The van der Waals surface area contributed by atoms with Gasteiger partial charge in [0.25, 0.3) is 0 Å². The number of benzene rings is 1. The first-order valence-corrected chi connectivity index (χ1v) is 8.14. The summed E-state index contributed by atoms with van der Waals surface area (Å²) < 4.78 is 38.9. The normalized spacial score (nSPS) is 10.4. The van der Waals surface area contributed by atoms with Crippen molar-refractivity contribution in [1.29, 1.82) is 5.26 Å². The fourth-order valence-corrected chi connectivity index (χ4v) is 2.69. The van der Waals surface area contributed by atoms with Crippen LogP contribution in [-0.4, -0.2) is 22.6 Å². The lowest BCUT2D eigenvalue weighted by Crippen LogP contribution is -2.02. The highest BCUT2D eigenvalue weighted by molar-refractivity contribution is 5.91. The van der Waals surface area contributed by atoms with Crippen molar-refractivity contribution in [2.75, 3.05) is 7.11 Å². The Kier molecular flexibility index (Phi) is 5.36. The number of ether oxygens (including phenoxy) is 2. The van der Waals surface area contributed by atoms with Crippen molar-refractivity contribution in [2.24, 2.45) is 7.05 Å². The standard InChI is InChI=1S/C20H15F2N3O3/c1-25-10-14(20(26)27-2)6-17(25)19-18(5-13(8-23)9-24-19)28-11-12-3-15(21)7-16(22)4-12/h3-7,9-10H,11H2,1-2H3. The van der Waals surface area contributed by atoms with Crippen molar-refractivity contribution in [3.05, 3.63) is 71.1 Å². The lowest BCUT2D eigenvalue weighted by Gasteiger charge is -2.12. The smallest absolute Gasteiger partial charge is 0.339 e. The van der Waals surface area contributed by atoms with Crippen LogP contribution in [0.2, 0.25) is 0 Å². The van der Waals surface area contributed by atoms with Gasteiger partial charge in [0.2, 0.25) is 0 Å². The van der Waals surface area contributed by atoms with Gasteiger partial charge in [-0.3, -0.25) is 0 Å². The lowest BCUT2D eigenvalue weighted by atomic mass is 10.2. The molecule has 3 rings (SSSR count). The second kappa shape index (κ2) is 7.88. The van der Waals surface area contributed by atoms with Crippen molar-refractivity contribution < 1.29 is 23.0 Å². The minimum absolute atomic E-state index is 0.132. The third-order valence-electron chi connectivity index (χ3n) is 3.97. The van der Waals surface area contributed by atoms with E-state index in [1.807, 2.05) is 6.07 Å². The van der Waals surface area contributed by atoms with Crippen LogP contribution in [0.3, 0.4) is 0 Å². The minimum Gasteiger partial charge on any atom is -0.487 e. The van der Waals surface area contributed by atoms with Crippen molar-refractivity contribution in [2.45, 2.75) is 6.61 Å². The molecule has 0 bridgehead atoms. The highest BCUT2D eigenvalue weighted by Crippen LogP contribution is 2.30. The summed E-state index contributed by atoms with van der Waals surface area (Å²) in [6.45, 7) is -0.132. The van der Waals surface area contributed by atoms with Crippen molar-refractivity contribution >= 4 is 5.97 Å². The molecule has 6 nitrogen and oxygen atoms in total. The molecule has 142 valence electrons. The van der Waals surface area contributed by atoms with Crippen LogP contribution >= 0.6 is 0 Å². The topological polar surface area (TPSA) is 77.1 Å². The number of methoxy groups -OCH3 is 1. The Labute approximate surface area is 159 Å². The zero-order valence-electron chi connectivity index (χ0n) is 15.1. The molecule has 8 heteroatoms. The Morgan fingerprint density at radius 3 is 2.57 bits per heavy atom. The van der Waals surface area contributed by atoms with Crippen LogP contribution in [0.15, 0.2) is 42.7 Å². The van der Waals surface area contributed by atoms with Gasteiger partial charge >= 0.3 is 5.97 Å². The molecular weight excluding hydrogens is 368 g/mol. The van der Waals surface area contributed by atoms with Crippen molar-refractivity contribution in [1.82, 2.24) is 9.55 Å². The number of rotatable bonds is 5. The van der Waals surface area contributed by atoms with Gasteiger partial charge in [0, 0.05) is 31.6 Å². The number of hydrogen-bond acceptors (Lipinski definition) is 5. The largest absolute Gasteiger partial charge is 0.487 e. The Morgan fingerprint density at radius 1 is 1.21 bits per heavy atom. The first-order valence-electron chi connectivity index (χ1n) is 8.14. The molecule has 0 N–H and O–H groups in total. The first-order chi connectivity index (χ1) is 13.4. The molecule has 0 aliphatic carbocycles. The number of carbonyl (C=O) groups excluding carboxylic acids is 1. The number of carbonyl (C=O) groups is 1. The predicted octanol–water partition coefficient (Wildman–Crippen LogP) is 3.60. The molecule has 0 unspecified atom stereocenters. The molecule has 2 heterocycles. The van der Waals surface area contributed by atoms with Crippen molar-refractivity contribution in [3.8, 4) is 23.2 Å². The van der Waals surface area contributed by atoms with Crippen LogP contribution < -0.4 is 4.74 Å². The zero-order chi connectivity index (χ0) is 20.3. The number of hydrogen-bond donors (Lipinski definition) is 0. The van der Waals surface area contributed by atoms with E-state index in [2.05, 4.69) is 4.98 Å². The molecule has 0 aliphatic heterocycles. The quantitative estimate of drug-likeness (QED) is 0.629. The number of nitrogens with zero attached hydrogens (tertiary/aromatic N) is 3. The number of aromatic nitrogens is 2. The summed E-state index contributed by atoms with van der Waals surface area (Å²) in [6.07, 6.45) is 2.95. The highest BCUT2D eigenvalue weighted by atomic mass is 19.1. The molecule has 0 saturated heterocycles. The van der Waals surface area contributed by atoms with Gasteiger partial charge < -0.3 is 14.0 Å². The van der Waals surface area contributed by atoms with Crippen LogP contribution in [0.4, 0.5) is 8.78 Å². The van der Waals surface area contributed by atoms with Crippen LogP contribution in [0.1, 0.15) is 21.5 Å². The third kappa shape index (κ3) is 3.99. The second-order valence-corrected chi connectivity index (χ2v) is 5.97. The summed E-state index contributed by atoms with van der Waals surface area (Å²) in [4.78, 5) is 16.0. The van der Waals surface area contributed by atoms with E-state index in [9.17, 15) is 13.6 Å². The van der Waals surface area contributed by atoms with E-state index in [0.29, 0.717) is 17.0 Å². The molecule has 0 atom stereocenters. The summed E-state index contributed by atoms with van der Waals surface area (Å²) >= 11 is 0. The molecule has 0 fully saturated rings. The Hall–Kier alpha value is -3.73. The average Bonchev–Trinajstić information content (AvgIpc) is 3.06. The number of halogens is 2. The number of nitriles is 1. The number of aryl methyl sites for hydroxylation is 1. The van der Waals surface area contributed by atoms with Gasteiger partial charge in [0.05, 0.1) is 23.9 Å². The van der Waals surface area contributed by atoms with Gasteiger partial charge in [-0.25, -0.2) is 18.6 Å². The summed E-state index contributed by atoms with van der Waals surface area (Å²) in [5.41, 5.74) is 1.78. The molecule has 1 aromatic carbocycles. The molecule has 3 aromatic rings. The zero-order valence-corrected chi connectivity index (χ0v) is 15.1. The van der Waals surface area contributed by atoms with Gasteiger partial charge in [0.1, 0.15) is 35.8 Å². The molecule has 2 aromatic heterocycles. The maximum Gasteiger partial charge on any atom is 0.339 e. The van der Waals surface area contributed by atoms with E-state index in [1.165, 1.54) is 19.4 Å². The van der Waals surface area contributed by atoms with E-state index in [-0.39, 0.29) is 23.5 Å². The monoisotopic (exact) mass is 383 g/mol. The third-order valence-corrected chi connectivity index (χ3v) is 3.97. The van der Waals surface area contributed by atoms with Crippen LogP contribution in [0.25, 0.3) is 11.4 Å². The van der Waals surface area contributed by atoms with Crippen LogP contribution in [-0.2, 0) is 18.4 Å². The minimum atomic E-state index is -0.715. The molecule has 0 aliphatic rings. The van der Waals surface area contributed by atoms with Gasteiger partial charge in [0.15, 0.2) is 0 Å². The van der Waals surface area contributed by atoms with Gasteiger partial charge in [-0.1, -0.05) is 0 Å². The Balaban J connectivity index is 1.98. The van der Waals surface area contributed by atoms with E-state index in [4.69, 9.17) is 14.7 Å². The highest BCUT2D eigenvalue weighted by Gasteiger charge is 2.17. The van der Waals surface area contributed by atoms with Gasteiger partial charge in [-0.15, -0.1) is 0 Å². The van der Waals surface area contributed by atoms with E-state index < -0.39 is 17.6 Å². The molecule has 28 heavy (non-hydrogen) atoms. The molecular formula is C20H15F2N3O3. The van der Waals surface area contributed by atoms with Crippen LogP contribution in [0, 0.1) is 23.0 Å². The fraction of sp³-hybridized carbons (Fsp3) is 0.150. The predicted molar refractivity (Wildman–Crippen MR) is 95.4 cm³/mol. The second-order valence-electron chi connectivity index (χ2n) is 5.97. The molecule has 0 radical (unpaired) electrons. The summed E-state index contributed by atoms with van der Waals surface area (Å²) in [5, 5.41) is 9.13. The first kappa shape index (κ1) is 19.0. The van der Waals surface area contributed by atoms with Crippen LogP contribution in [0.5, 0.6) is 5.75 Å². The van der Waals surface area contributed by atoms with E-state index >= 15 is 0 Å².